The first-order valence-corrected chi connectivity index (χ1v) is 5.41. The normalized spacial score (nSPS) is 20.8. The minimum atomic E-state index is -0.358. The molecule has 0 aliphatic carbocycles. The van der Waals surface area contributed by atoms with Crippen LogP contribution in [-0.2, 0) is 11.2 Å². The molecule has 2 heterocycles. The second-order valence-corrected chi connectivity index (χ2v) is 4.10. The van der Waals surface area contributed by atoms with E-state index in [-0.39, 0.29) is 18.9 Å². The lowest BCUT2D eigenvalue weighted by atomic mass is 9.97. The molecule has 90 valence electrons. The molecule has 2 aliphatic heterocycles. The Labute approximate surface area is 98.2 Å². The van der Waals surface area contributed by atoms with E-state index >= 15 is 0 Å². The van der Waals surface area contributed by atoms with Crippen molar-refractivity contribution in [3.05, 3.63) is 17.2 Å². The van der Waals surface area contributed by atoms with Crippen molar-refractivity contribution in [3.8, 4) is 17.2 Å². The Balaban J connectivity index is 2.22. The van der Waals surface area contributed by atoms with Crippen molar-refractivity contribution in [3.63, 3.8) is 0 Å². The summed E-state index contributed by atoms with van der Waals surface area (Å²) in [4.78, 5) is 11.9. The summed E-state index contributed by atoms with van der Waals surface area (Å²) in [5.41, 5.74) is 1.35. The van der Waals surface area contributed by atoms with E-state index in [1.165, 1.54) is 0 Å². The zero-order chi connectivity index (χ0) is 12.0. The van der Waals surface area contributed by atoms with Crippen molar-refractivity contribution in [2.24, 2.45) is 0 Å². The standard InChI is InChI=1S/C12H12O5/c1-6-3-7-4-8(14-2)10-11(16-5-15-10)9(7)12(13)17-6/h4,6H,3,5H2,1-2H3. The number of methoxy groups -OCH3 is 1. The Kier molecular flexibility index (Phi) is 2.14. The summed E-state index contributed by atoms with van der Waals surface area (Å²) in [7, 11) is 1.56. The summed E-state index contributed by atoms with van der Waals surface area (Å²) >= 11 is 0. The van der Waals surface area contributed by atoms with Gasteiger partial charge in [-0.15, -0.1) is 0 Å². The molecule has 0 amide bonds. The number of rotatable bonds is 1. The number of carbonyl (C=O) groups is 1. The summed E-state index contributed by atoms with van der Waals surface area (Å²) in [5.74, 6) is 1.16. The average molecular weight is 236 g/mol. The van der Waals surface area contributed by atoms with Gasteiger partial charge in [0.1, 0.15) is 11.7 Å². The van der Waals surface area contributed by atoms with Crippen LogP contribution in [0.25, 0.3) is 0 Å². The van der Waals surface area contributed by atoms with Crippen molar-refractivity contribution >= 4 is 5.97 Å². The summed E-state index contributed by atoms with van der Waals surface area (Å²) < 4.78 is 21.1. The molecule has 0 saturated heterocycles. The molecule has 0 fully saturated rings. The highest BCUT2D eigenvalue weighted by atomic mass is 16.7. The van der Waals surface area contributed by atoms with Gasteiger partial charge in [-0.25, -0.2) is 4.79 Å². The predicted molar refractivity (Wildman–Crippen MR) is 57.7 cm³/mol. The van der Waals surface area contributed by atoms with E-state index in [9.17, 15) is 4.79 Å². The smallest absolute Gasteiger partial charge is 0.342 e. The lowest BCUT2D eigenvalue weighted by Gasteiger charge is -2.23. The second kappa shape index (κ2) is 3.55. The minimum Gasteiger partial charge on any atom is -0.493 e. The van der Waals surface area contributed by atoms with Gasteiger partial charge in [0, 0.05) is 6.42 Å². The first kappa shape index (κ1) is 10.3. The molecular formula is C12H12O5. The molecule has 0 aromatic heterocycles. The molecule has 1 aromatic carbocycles. The zero-order valence-corrected chi connectivity index (χ0v) is 9.61. The van der Waals surface area contributed by atoms with Crippen LogP contribution in [0.5, 0.6) is 17.2 Å². The number of ether oxygens (including phenoxy) is 4. The van der Waals surface area contributed by atoms with Crippen molar-refractivity contribution in [1.29, 1.82) is 0 Å². The predicted octanol–water partition coefficient (Wildman–Crippen LogP) is 1.53. The van der Waals surface area contributed by atoms with Crippen LogP contribution in [0.15, 0.2) is 6.07 Å². The fourth-order valence-electron chi connectivity index (χ4n) is 2.22. The van der Waals surface area contributed by atoms with Crippen LogP contribution in [0.3, 0.4) is 0 Å². The Morgan fingerprint density at radius 1 is 1.35 bits per heavy atom. The van der Waals surface area contributed by atoms with Crippen LogP contribution in [-0.4, -0.2) is 26.0 Å². The number of benzene rings is 1. The van der Waals surface area contributed by atoms with Crippen LogP contribution in [0.4, 0.5) is 0 Å². The molecular weight excluding hydrogens is 224 g/mol. The molecule has 0 saturated carbocycles. The number of carbonyl (C=O) groups excluding carboxylic acids is 1. The molecule has 0 bridgehead atoms. The highest BCUT2D eigenvalue weighted by Gasteiger charge is 2.34. The summed E-state index contributed by atoms with van der Waals surface area (Å²) in [5, 5.41) is 0. The first-order chi connectivity index (χ1) is 8.20. The molecule has 1 unspecified atom stereocenters. The zero-order valence-electron chi connectivity index (χ0n) is 9.61. The maximum absolute atomic E-state index is 11.9. The molecule has 3 rings (SSSR count). The van der Waals surface area contributed by atoms with E-state index in [1.807, 2.05) is 13.0 Å². The van der Waals surface area contributed by atoms with Gasteiger partial charge in [-0.05, 0) is 18.6 Å². The highest BCUT2D eigenvalue weighted by Crippen LogP contribution is 2.46. The molecule has 5 heteroatoms. The largest absolute Gasteiger partial charge is 0.493 e. The van der Waals surface area contributed by atoms with E-state index in [1.54, 1.807) is 7.11 Å². The third kappa shape index (κ3) is 1.42. The molecule has 0 N–H and O–H groups in total. The van der Waals surface area contributed by atoms with E-state index in [0.29, 0.717) is 29.2 Å². The third-order valence-electron chi connectivity index (χ3n) is 2.93. The summed E-state index contributed by atoms with van der Waals surface area (Å²) in [6.07, 6.45) is 0.536. The topological polar surface area (TPSA) is 54.0 Å². The third-order valence-corrected chi connectivity index (χ3v) is 2.93. The van der Waals surface area contributed by atoms with E-state index in [4.69, 9.17) is 18.9 Å². The maximum atomic E-state index is 11.9. The van der Waals surface area contributed by atoms with E-state index in [0.717, 1.165) is 5.56 Å². The van der Waals surface area contributed by atoms with Crippen molar-refractivity contribution in [2.45, 2.75) is 19.4 Å². The van der Waals surface area contributed by atoms with E-state index < -0.39 is 0 Å². The van der Waals surface area contributed by atoms with Crippen LogP contribution >= 0.6 is 0 Å². The van der Waals surface area contributed by atoms with Crippen molar-refractivity contribution < 1.29 is 23.7 Å². The molecule has 2 aliphatic rings. The minimum absolute atomic E-state index is 0.102. The SMILES string of the molecule is COc1cc2c(c3c1OCO3)C(=O)OC(C)C2. The number of hydrogen-bond acceptors (Lipinski definition) is 5. The maximum Gasteiger partial charge on any atom is 0.342 e. The second-order valence-electron chi connectivity index (χ2n) is 4.10. The quantitative estimate of drug-likeness (QED) is 0.692. The molecule has 1 atom stereocenters. The lowest BCUT2D eigenvalue weighted by Crippen LogP contribution is -2.25. The van der Waals surface area contributed by atoms with Gasteiger partial charge < -0.3 is 18.9 Å². The van der Waals surface area contributed by atoms with Crippen LogP contribution in [0.1, 0.15) is 22.8 Å². The Morgan fingerprint density at radius 3 is 2.88 bits per heavy atom. The number of hydrogen-bond donors (Lipinski definition) is 0. The van der Waals surface area contributed by atoms with Gasteiger partial charge in [-0.2, -0.15) is 0 Å². The summed E-state index contributed by atoms with van der Waals surface area (Å²) in [6.45, 7) is 1.96. The van der Waals surface area contributed by atoms with Gasteiger partial charge in [0.15, 0.2) is 11.5 Å². The molecule has 0 radical (unpaired) electrons. The first-order valence-electron chi connectivity index (χ1n) is 5.41. The fraction of sp³-hybridized carbons (Fsp3) is 0.417. The van der Waals surface area contributed by atoms with Gasteiger partial charge in [-0.1, -0.05) is 0 Å². The van der Waals surface area contributed by atoms with Gasteiger partial charge >= 0.3 is 5.97 Å². The number of cyclic esters (lactones) is 1. The van der Waals surface area contributed by atoms with Gasteiger partial charge in [0.2, 0.25) is 12.5 Å². The van der Waals surface area contributed by atoms with E-state index in [2.05, 4.69) is 0 Å². The van der Waals surface area contributed by atoms with Crippen molar-refractivity contribution in [2.75, 3.05) is 13.9 Å². The number of esters is 1. The molecule has 5 nitrogen and oxygen atoms in total. The highest BCUT2D eigenvalue weighted by molar-refractivity contribution is 5.97. The van der Waals surface area contributed by atoms with Gasteiger partial charge in [-0.3, -0.25) is 0 Å². The number of fused-ring (bicyclic) bond motifs is 3. The molecule has 0 spiro atoms. The monoisotopic (exact) mass is 236 g/mol. The fourth-order valence-corrected chi connectivity index (χ4v) is 2.22. The van der Waals surface area contributed by atoms with Crippen molar-refractivity contribution in [1.82, 2.24) is 0 Å². The Morgan fingerprint density at radius 2 is 2.12 bits per heavy atom. The molecule has 1 aromatic rings. The molecule has 17 heavy (non-hydrogen) atoms. The Hall–Kier alpha value is -1.91. The van der Waals surface area contributed by atoms with Gasteiger partial charge in [0.25, 0.3) is 0 Å². The van der Waals surface area contributed by atoms with Gasteiger partial charge in [0.05, 0.1) is 7.11 Å². The van der Waals surface area contributed by atoms with Crippen LogP contribution in [0.2, 0.25) is 0 Å². The average Bonchev–Trinajstić information content (AvgIpc) is 2.75. The lowest BCUT2D eigenvalue weighted by molar-refractivity contribution is 0.0296. The summed E-state index contributed by atoms with van der Waals surface area (Å²) in [6, 6.07) is 1.82. The van der Waals surface area contributed by atoms with Crippen LogP contribution < -0.4 is 14.2 Å². The van der Waals surface area contributed by atoms with Crippen LogP contribution in [0, 0.1) is 0 Å². The Bertz CT molecular complexity index is 494.